The van der Waals surface area contributed by atoms with E-state index in [-0.39, 0.29) is 29.8 Å². The monoisotopic (exact) mass is 259 g/mol. The van der Waals surface area contributed by atoms with Crippen molar-refractivity contribution in [3.05, 3.63) is 29.8 Å². The van der Waals surface area contributed by atoms with Gasteiger partial charge in [-0.1, -0.05) is 0 Å². The molecule has 6 heteroatoms. The van der Waals surface area contributed by atoms with E-state index >= 15 is 0 Å². The molecule has 1 aromatic carbocycles. The Morgan fingerprint density at radius 2 is 1.78 bits per heavy atom. The van der Waals surface area contributed by atoms with Gasteiger partial charge >= 0.3 is 0 Å². The number of hydrogen-bond donors (Lipinski definition) is 1. The average molecular weight is 259 g/mol. The summed E-state index contributed by atoms with van der Waals surface area (Å²) in [5.41, 5.74) is 1.16. The maximum Gasteiger partial charge on any atom is 0.236 e. The predicted molar refractivity (Wildman–Crippen MR) is 68.5 cm³/mol. The highest BCUT2D eigenvalue weighted by atomic mass is 32.1. The molecule has 0 atom stereocenters. The highest BCUT2D eigenvalue weighted by molar-refractivity contribution is 7.80. The summed E-state index contributed by atoms with van der Waals surface area (Å²) in [6, 6.07) is 8.57. The number of likely N-dealkylation sites (tertiary alicyclic amines) is 1. The van der Waals surface area contributed by atoms with Gasteiger partial charge < -0.3 is 5.32 Å². The van der Waals surface area contributed by atoms with Crippen molar-refractivity contribution in [1.82, 2.24) is 4.90 Å². The number of nitriles is 1. The number of benzene rings is 1. The zero-order chi connectivity index (χ0) is 13.1. The highest BCUT2D eigenvalue weighted by Crippen LogP contribution is 2.15. The van der Waals surface area contributed by atoms with Crippen molar-refractivity contribution in [1.29, 1.82) is 5.26 Å². The third-order valence-electron chi connectivity index (χ3n) is 2.52. The number of carbonyl (C=O) groups is 2. The standard InChI is InChI=1S/C12H9N3O2S/c13-7-8-1-3-9(4-2-8)14-12(18)15-10(16)5-6-11(15)17/h1-4H,5-6H2,(H,14,18). The summed E-state index contributed by atoms with van der Waals surface area (Å²) in [5.74, 6) is -0.572. The van der Waals surface area contributed by atoms with Gasteiger partial charge in [-0.25, -0.2) is 4.90 Å². The number of amides is 2. The van der Waals surface area contributed by atoms with Crippen LogP contribution in [0.4, 0.5) is 5.69 Å². The Balaban J connectivity index is 2.09. The van der Waals surface area contributed by atoms with Gasteiger partial charge in [-0.2, -0.15) is 5.26 Å². The molecule has 0 aliphatic carbocycles. The summed E-state index contributed by atoms with van der Waals surface area (Å²) in [6.45, 7) is 0. The molecular weight excluding hydrogens is 250 g/mol. The van der Waals surface area contributed by atoms with Crippen LogP contribution in [-0.2, 0) is 9.59 Å². The van der Waals surface area contributed by atoms with Gasteiger partial charge in [0.25, 0.3) is 0 Å². The van der Waals surface area contributed by atoms with Crippen molar-refractivity contribution < 1.29 is 9.59 Å². The molecule has 1 fully saturated rings. The minimum atomic E-state index is -0.286. The number of rotatable bonds is 1. The Labute approximate surface area is 109 Å². The zero-order valence-electron chi connectivity index (χ0n) is 9.34. The van der Waals surface area contributed by atoms with Crippen LogP contribution in [0.2, 0.25) is 0 Å². The minimum absolute atomic E-state index is 0.0761. The lowest BCUT2D eigenvalue weighted by molar-refractivity contribution is -0.133. The van der Waals surface area contributed by atoms with Crippen LogP contribution in [-0.4, -0.2) is 21.8 Å². The largest absolute Gasteiger partial charge is 0.332 e. The maximum atomic E-state index is 11.5. The number of thiocarbonyl (C=S) groups is 1. The van der Waals surface area contributed by atoms with Gasteiger partial charge in [-0.3, -0.25) is 9.59 Å². The molecule has 1 saturated heterocycles. The van der Waals surface area contributed by atoms with Crippen LogP contribution >= 0.6 is 12.2 Å². The molecule has 2 amide bonds. The molecule has 1 aromatic rings. The molecule has 0 unspecified atom stereocenters. The van der Waals surface area contributed by atoms with E-state index in [0.29, 0.717) is 11.3 Å². The van der Waals surface area contributed by atoms with Gasteiger partial charge in [0.15, 0.2) is 5.11 Å². The first kappa shape index (κ1) is 12.2. The highest BCUT2D eigenvalue weighted by Gasteiger charge is 2.32. The fourth-order valence-corrected chi connectivity index (χ4v) is 1.93. The van der Waals surface area contributed by atoms with Crippen molar-refractivity contribution in [3.8, 4) is 6.07 Å². The molecule has 1 heterocycles. The predicted octanol–water partition coefficient (Wildman–Crippen LogP) is 1.40. The SMILES string of the molecule is N#Cc1ccc(NC(=S)N2C(=O)CCC2=O)cc1. The zero-order valence-corrected chi connectivity index (χ0v) is 10.2. The van der Waals surface area contributed by atoms with E-state index in [2.05, 4.69) is 5.32 Å². The van der Waals surface area contributed by atoms with Gasteiger partial charge in [-0.05, 0) is 36.5 Å². The topological polar surface area (TPSA) is 73.2 Å². The molecule has 0 saturated carbocycles. The van der Waals surface area contributed by atoms with Crippen LogP contribution in [0.25, 0.3) is 0 Å². The van der Waals surface area contributed by atoms with Crippen LogP contribution in [0.5, 0.6) is 0 Å². The third-order valence-corrected chi connectivity index (χ3v) is 2.80. The van der Waals surface area contributed by atoms with Crippen LogP contribution in [0.15, 0.2) is 24.3 Å². The Morgan fingerprint density at radius 3 is 2.28 bits per heavy atom. The Bertz CT molecular complexity index is 544. The summed E-state index contributed by atoms with van der Waals surface area (Å²) < 4.78 is 0. The average Bonchev–Trinajstić information content (AvgIpc) is 2.70. The summed E-state index contributed by atoms with van der Waals surface area (Å²) in [7, 11) is 0. The molecule has 1 aliphatic rings. The van der Waals surface area contributed by atoms with Gasteiger partial charge in [0.05, 0.1) is 11.6 Å². The number of imide groups is 1. The Morgan fingerprint density at radius 1 is 1.22 bits per heavy atom. The number of hydrogen-bond acceptors (Lipinski definition) is 4. The number of carbonyl (C=O) groups excluding carboxylic acids is 2. The fourth-order valence-electron chi connectivity index (χ4n) is 1.61. The first-order valence-electron chi connectivity index (χ1n) is 5.29. The van der Waals surface area contributed by atoms with E-state index in [1.165, 1.54) is 0 Å². The van der Waals surface area contributed by atoms with E-state index in [9.17, 15) is 9.59 Å². The summed E-state index contributed by atoms with van der Waals surface area (Å²) >= 11 is 5.02. The summed E-state index contributed by atoms with van der Waals surface area (Å²) in [5, 5.41) is 11.5. The quantitative estimate of drug-likeness (QED) is 0.609. The lowest BCUT2D eigenvalue weighted by atomic mass is 10.2. The second-order valence-electron chi connectivity index (χ2n) is 3.74. The lowest BCUT2D eigenvalue weighted by Gasteiger charge is -2.16. The molecule has 90 valence electrons. The van der Waals surface area contributed by atoms with Crippen LogP contribution < -0.4 is 5.32 Å². The lowest BCUT2D eigenvalue weighted by Crippen LogP contribution is -2.38. The number of nitrogens with zero attached hydrogens (tertiary/aromatic N) is 2. The van der Waals surface area contributed by atoms with E-state index in [1.807, 2.05) is 6.07 Å². The molecule has 1 aliphatic heterocycles. The molecular formula is C12H9N3O2S. The molecule has 0 aromatic heterocycles. The van der Waals surface area contributed by atoms with Crippen molar-refractivity contribution >= 4 is 34.8 Å². The van der Waals surface area contributed by atoms with Gasteiger partial charge in [0.1, 0.15) is 0 Å². The molecule has 1 N–H and O–H groups in total. The summed E-state index contributed by atoms with van der Waals surface area (Å²) in [6.07, 6.45) is 0.405. The van der Waals surface area contributed by atoms with E-state index in [1.54, 1.807) is 24.3 Å². The first-order chi connectivity index (χ1) is 8.61. The first-order valence-corrected chi connectivity index (χ1v) is 5.69. The van der Waals surface area contributed by atoms with Gasteiger partial charge in [0.2, 0.25) is 11.8 Å². The third kappa shape index (κ3) is 2.36. The van der Waals surface area contributed by atoms with Crippen LogP contribution in [0, 0.1) is 11.3 Å². The van der Waals surface area contributed by atoms with Crippen molar-refractivity contribution in [3.63, 3.8) is 0 Å². The Kier molecular flexibility index (Phi) is 3.35. The van der Waals surface area contributed by atoms with E-state index in [4.69, 9.17) is 17.5 Å². The number of anilines is 1. The molecule has 0 bridgehead atoms. The van der Waals surface area contributed by atoms with Crippen LogP contribution in [0.1, 0.15) is 18.4 Å². The van der Waals surface area contributed by atoms with E-state index < -0.39 is 0 Å². The molecule has 5 nitrogen and oxygen atoms in total. The second-order valence-corrected chi connectivity index (χ2v) is 4.13. The molecule has 18 heavy (non-hydrogen) atoms. The van der Waals surface area contributed by atoms with Crippen molar-refractivity contribution in [2.24, 2.45) is 0 Å². The Hall–Kier alpha value is -2.26. The van der Waals surface area contributed by atoms with Crippen molar-refractivity contribution in [2.45, 2.75) is 12.8 Å². The second kappa shape index (κ2) is 4.94. The molecule has 2 rings (SSSR count). The summed E-state index contributed by atoms with van der Waals surface area (Å²) in [4.78, 5) is 23.9. The smallest absolute Gasteiger partial charge is 0.236 e. The fraction of sp³-hybridized carbons (Fsp3) is 0.167. The van der Waals surface area contributed by atoms with E-state index in [0.717, 1.165) is 4.90 Å². The minimum Gasteiger partial charge on any atom is -0.332 e. The molecule has 0 radical (unpaired) electrons. The van der Waals surface area contributed by atoms with Gasteiger partial charge in [-0.15, -0.1) is 0 Å². The molecule has 0 spiro atoms. The normalized spacial score (nSPS) is 14.5. The maximum absolute atomic E-state index is 11.5. The van der Waals surface area contributed by atoms with Gasteiger partial charge in [0, 0.05) is 18.5 Å². The van der Waals surface area contributed by atoms with Crippen molar-refractivity contribution in [2.75, 3.05) is 5.32 Å². The van der Waals surface area contributed by atoms with Crippen LogP contribution in [0.3, 0.4) is 0 Å². The number of nitrogens with one attached hydrogen (secondary N) is 1.